The van der Waals surface area contributed by atoms with Crippen LogP contribution in [-0.4, -0.2) is 23.0 Å². The first kappa shape index (κ1) is 23.5. The zero-order valence-electron chi connectivity index (χ0n) is 16.7. The zero-order valence-corrected chi connectivity index (χ0v) is 19.8. The molecule has 3 aromatic carbocycles. The molecule has 0 aliphatic rings. The Balaban J connectivity index is 1.63. The molecule has 0 aliphatic heterocycles. The van der Waals surface area contributed by atoms with Crippen LogP contribution in [0.15, 0.2) is 53.0 Å². The summed E-state index contributed by atoms with van der Waals surface area (Å²) in [6.45, 7) is -0.416. The Morgan fingerprint density at radius 2 is 1.76 bits per heavy atom. The van der Waals surface area contributed by atoms with E-state index in [4.69, 9.17) is 27.9 Å². The van der Waals surface area contributed by atoms with Crippen molar-refractivity contribution in [1.29, 1.82) is 0 Å². The smallest absolute Gasteiger partial charge is 0.272 e. The van der Waals surface area contributed by atoms with Gasteiger partial charge in [0.1, 0.15) is 18.2 Å². The molecule has 0 radical (unpaired) electrons. The SMILES string of the molecule is Fc1cc(Cl)c(Nc2nc3cc(OCC(F)F)c(CNc4ccc(Br)cc4)cc3[nH]2)c(Cl)c1. The van der Waals surface area contributed by atoms with E-state index in [0.717, 1.165) is 22.3 Å². The molecule has 0 aliphatic carbocycles. The van der Waals surface area contributed by atoms with Crippen molar-refractivity contribution in [3.63, 3.8) is 0 Å². The average molecular weight is 560 g/mol. The summed E-state index contributed by atoms with van der Waals surface area (Å²) in [7, 11) is 0. The second kappa shape index (κ2) is 10.1. The Labute approximate surface area is 205 Å². The zero-order chi connectivity index (χ0) is 23.5. The third-order valence-corrected chi connectivity index (χ3v) is 5.73. The summed E-state index contributed by atoms with van der Waals surface area (Å²) in [5.74, 6) is 0.00503. The Hall–Kier alpha value is -2.62. The van der Waals surface area contributed by atoms with E-state index in [1.165, 1.54) is 0 Å². The van der Waals surface area contributed by atoms with Crippen LogP contribution >= 0.6 is 39.1 Å². The van der Waals surface area contributed by atoms with Crippen molar-refractivity contribution in [3.05, 3.63) is 74.4 Å². The number of benzene rings is 3. The molecule has 11 heteroatoms. The fraction of sp³-hybridized carbons (Fsp3) is 0.136. The Bertz CT molecular complexity index is 1260. The lowest BCUT2D eigenvalue weighted by Gasteiger charge is -2.13. The van der Waals surface area contributed by atoms with Gasteiger partial charge in [-0.1, -0.05) is 39.1 Å². The number of aromatic nitrogens is 2. The average Bonchev–Trinajstić information content (AvgIpc) is 3.15. The van der Waals surface area contributed by atoms with E-state index in [9.17, 15) is 13.2 Å². The number of ether oxygens (including phenoxy) is 1. The molecule has 1 heterocycles. The van der Waals surface area contributed by atoms with Gasteiger partial charge in [-0.15, -0.1) is 0 Å². The first-order valence-electron chi connectivity index (χ1n) is 9.63. The topological polar surface area (TPSA) is 62.0 Å². The van der Waals surface area contributed by atoms with E-state index >= 15 is 0 Å². The van der Waals surface area contributed by atoms with Crippen LogP contribution in [0.25, 0.3) is 11.0 Å². The first-order chi connectivity index (χ1) is 15.8. The monoisotopic (exact) mass is 558 g/mol. The molecular weight excluding hydrogens is 544 g/mol. The molecule has 0 saturated carbocycles. The molecule has 0 amide bonds. The Morgan fingerprint density at radius 1 is 1.06 bits per heavy atom. The third kappa shape index (κ3) is 5.85. The van der Waals surface area contributed by atoms with Crippen molar-refractivity contribution in [2.45, 2.75) is 13.0 Å². The van der Waals surface area contributed by atoms with Crippen LogP contribution in [0.2, 0.25) is 10.0 Å². The van der Waals surface area contributed by atoms with E-state index in [1.54, 1.807) is 12.1 Å². The number of hydrogen-bond acceptors (Lipinski definition) is 4. The molecule has 0 fully saturated rings. The number of alkyl halides is 2. The van der Waals surface area contributed by atoms with Crippen LogP contribution in [0.4, 0.5) is 30.5 Å². The maximum absolute atomic E-state index is 13.5. The van der Waals surface area contributed by atoms with Crippen LogP contribution in [0.3, 0.4) is 0 Å². The Morgan fingerprint density at radius 3 is 2.42 bits per heavy atom. The molecule has 0 saturated heterocycles. The number of halogens is 6. The van der Waals surface area contributed by atoms with Gasteiger partial charge in [-0.05, 0) is 42.5 Å². The highest BCUT2D eigenvalue weighted by Gasteiger charge is 2.15. The molecule has 5 nitrogen and oxygen atoms in total. The lowest BCUT2D eigenvalue weighted by molar-refractivity contribution is 0.0815. The summed E-state index contributed by atoms with van der Waals surface area (Å²) < 4.78 is 45.3. The molecule has 172 valence electrons. The molecule has 0 spiro atoms. The Kier molecular flexibility index (Phi) is 7.21. The van der Waals surface area contributed by atoms with Gasteiger partial charge in [0, 0.05) is 28.3 Å². The van der Waals surface area contributed by atoms with Gasteiger partial charge < -0.3 is 20.4 Å². The molecule has 4 rings (SSSR count). The fourth-order valence-corrected chi connectivity index (χ4v) is 3.93. The number of fused-ring (bicyclic) bond motifs is 1. The number of rotatable bonds is 8. The summed E-state index contributed by atoms with van der Waals surface area (Å²) in [4.78, 5) is 7.48. The summed E-state index contributed by atoms with van der Waals surface area (Å²) in [5.41, 5.74) is 2.89. The van der Waals surface area contributed by atoms with E-state index in [1.807, 2.05) is 24.3 Å². The van der Waals surface area contributed by atoms with Crippen molar-refractivity contribution in [1.82, 2.24) is 9.97 Å². The van der Waals surface area contributed by atoms with Crippen LogP contribution in [0, 0.1) is 5.82 Å². The normalized spacial score (nSPS) is 11.2. The summed E-state index contributed by atoms with van der Waals surface area (Å²) in [6, 6.07) is 13.1. The number of aromatic amines is 1. The highest BCUT2D eigenvalue weighted by molar-refractivity contribution is 9.10. The fourth-order valence-electron chi connectivity index (χ4n) is 3.11. The maximum atomic E-state index is 13.5. The number of hydrogen-bond donors (Lipinski definition) is 3. The maximum Gasteiger partial charge on any atom is 0.272 e. The van der Waals surface area contributed by atoms with Gasteiger partial charge in [-0.2, -0.15) is 0 Å². The minimum Gasteiger partial charge on any atom is -0.487 e. The summed E-state index contributed by atoms with van der Waals surface area (Å²) >= 11 is 15.5. The molecule has 0 unspecified atom stereocenters. The molecule has 4 aromatic rings. The van der Waals surface area contributed by atoms with Gasteiger partial charge in [0.15, 0.2) is 0 Å². The lowest BCUT2D eigenvalue weighted by atomic mass is 10.1. The summed E-state index contributed by atoms with van der Waals surface area (Å²) in [5, 5.41) is 6.34. The number of anilines is 3. The molecule has 0 bridgehead atoms. The van der Waals surface area contributed by atoms with Crippen molar-refractivity contribution >= 4 is 67.5 Å². The van der Waals surface area contributed by atoms with Crippen LogP contribution in [-0.2, 0) is 6.54 Å². The predicted octanol–water partition coefficient (Wildman–Crippen LogP) is 7.77. The van der Waals surface area contributed by atoms with Crippen molar-refractivity contribution < 1.29 is 17.9 Å². The highest BCUT2D eigenvalue weighted by Crippen LogP contribution is 2.34. The van der Waals surface area contributed by atoms with Gasteiger partial charge in [-0.3, -0.25) is 0 Å². The van der Waals surface area contributed by atoms with E-state index < -0.39 is 18.8 Å². The van der Waals surface area contributed by atoms with Gasteiger partial charge in [0.05, 0.1) is 26.8 Å². The third-order valence-electron chi connectivity index (χ3n) is 4.61. The van der Waals surface area contributed by atoms with Crippen LogP contribution in [0.1, 0.15) is 5.56 Å². The van der Waals surface area contributed by atoms with Crippen molar-refractivity contribution in [2.75, 3.05) is 17.2 Å². The number of imidazole rings is 1. The standard InChI is InChI=1S/C22H16BrCl2F3N4O/c23-12-1-3-14(4-2-12)29-9-11-5-17-18(8-19(11)33-10-20(27)28)31-22(30-17)32-21-15(24)6-13(26)7-16(21)25/h1-8,20,29H,9-10H2,(H2,30,31,32). The largest absolute Gasteiger partial charge is 0.487 e. The highest BCUT2D eigenvalue weighted by atomic mass is 79.9. The molecule has 1 aromatic heterocycles. The number of nitrogens with one attached hydrogen (secondary N) is 3. The molecule has 3 N–H and O–H groups in total. The minimum atomic E-state index is -2.62. The van der Waals surface area contributed by atoms with E-state index in [-0.39, 0.29) is 21.5 Å². The predicted molar refractivity (Wildman–Crippen MR) is 129 cm³/mol. The number of H-pyrrole nitrogens is 1. The van der Waals surface area contributed by atoms with Crippen molar-refractivity contribution in [3.8, 4) is 5.75 Å². The number of nitrogens with zero attached hydrogens (tertiary/aromatic N) is 1. The van der Waals surface area contributed by atoms with E-state index in [0.29, 0.717) is 29.1 Å². The quantitative estimate of drug-likeness (QED) is 0.206. The van der Waals surface area contributed by atoms with Gasteiger partial charge in [0.25, 0.3) is 6.43 Å². The molecular formula is C22H16BrCl2F3N4O. The van der Waals surface area contributed by atoms with Gasteiger partial charge >= 0.3 is 0 Å². The summed E-state index contributed by atoms with van der Waals surface area (Å²) in [6.07, 6.45) is -2.62. The van der Waals surface area contributed by atoms with Crippen molar-refractivity contribution in [2.24, 2.45) is 0 Å². The lowest BCUT2D eigenvalue weighted by Crippen LogP contribution is -2.10. The van der Waals surface area contributed by atoms with E-state index in [2.05, 4.69) is 36.5 Å². The van der Waals surface area contributed by atoms with Crippen LogP contribution in [0.5, 0.6) is 5.75 Å². The minimum absolute atomic E-state index is 0.0841. The second-order valence-corrected chi connectivity index (χ2v) is 8.72. The molecule has 33 heavy (non-hydrogen) atoms. The van der Waals surface area contributed by atoms with Gasteiger partial charge in [0.2, 0.25) is 5.95 Å². The van der Waals surface area contributed by atoms with Gasteiger partial charge in [-0.25, -0.2) is 18.2 Å². The van der Waals surface area contributed by atoms with Crippen LogP contribution < -0.4 is 15.4 Å². The molecule has 0 atom stereocenters. The second-order valence-electron chi connectivity index (χ2n) is 6.99. The first-order valence-corrected chi connectivity index (χ1v) is 11.2.